The zero-order valence-electron chi connectivity index (χ0n) is 51.9. The fraction of sp³-hybridized carbons (Fsp3) is 0.446. The molecule has 500 valence electrons. The van der Waals surface area contributed by atoms with Crippen molar-refractivity contribution in [2.24, 2.45) is 22.0 Å². The highest BCUT2D eigenvalue weighted by Gasteiger charge is 2.66. The van der Waals surface area contributed by atoms with Gasteiger partial charge in [0.15, 0.2) is 16.9 Å². The van der Waals surface area contributed by atoms with Crippen molar-refractivity contribution in [2.45, 2.75) is 115 Å². The van der Waals surface area contributed by atoms with Gasteiger partial charge in [-0.15, -0.1) is 0 Å². The molecule has 1 aliphatic heterocycles. The zero-order valence-corrected chi connectivity index (χ0v) is 53.6. The van der Waals surface area contributed by atoms with Gasteiger partial charge in [0.2, 0.25) is 12.2 Å². The Hall–Kier alpha value is -8.23. The van der Waals surface area contributed by atoms with Crippen LogP contribution in [-0.2, 0) is 51.8 Å². The van der Waals surface area contributed by atoms with Crippen molar-refractivity contribution in [3.63, 3.8) is 0 Å². The number of amides is 3. The second kappa shape index (κ2) is 26.9. The van der Waals surface area contributed by atoms with E-state index in [1.54, 1.807) is 31.4 Å². The number of aromatic carboxylic acids is 1. The summed E-state index contributed by atoms with van der Waals surface area (Å²) in [5.74, 6) is -4.87. The maximum Gasteiger partial charge on any atom is 0.409 e. The molecule has 2 unspecified atom stereocenters. The van der Waals surface area contributed by atoms with E-state index in [-0.39, 0.29) is 85.5 Å². The average molecular weight is 1340 g/mol. The summed E-state index contributed by atoms with van der Waals surface area (Å²) in [6.45, 7) is 6.92. The number of nitrogens with two attached hydrogens (primary N) is 1. The summed E-state index contributed by atoms with van der Waals surface area (Å²) in [6.07, 6.45) is -3.09. The number of fused-ring (bicyclic) bond motifs is 2. The molecule has 29 heteroatoms. The Morgan fingerprint density at radius 3 is 2.35 bits per heavy atom. The summed E-state index contributed by atoms with van der Waals surface area (Å²) >= 11 is 1.38. The summed E-state index contributed by atoms with van der Waals surface area (Å²) in [4.78, 5) is 75.1. The lowest BCUT2D eigenvalue weighted by molar-refractivity contribution is -0.271. The number of benzene rings is 4. The monoisotopic (exact) mass is 1330 g/mol. The lowest BCUT2D eigenvalue weighted by atomic mass is 9.39. The number of carbonyl (C=O) groups excluding carboxylic acids is 3. The van der Waals surface area contributed by atoms with E-state index in [4.69, 9.17) is 48.8 Å². The maximum absolute atomic E-state index is 13.8. The van der Waals surface area contributed by atoms with Gasteiger partial charge in [-0.05, 0) is 121 Å². The van der Waals surface area contributed by atoms with E-state index in [0.717, 1.165) is 59.8 Å². The van der Waals surface area contributed by atoms with Crippen LogP contribution in [0.2, 0.25) is 0 Å². The number of hydrogen-bond acceptors (Lipinski definition) is 21. The third-order valence-electron chi connectivity index (χ3n) is 17.9. The van der Waals surface area contributed by atoms with Gasteiger partial charge in [-0.3, -0.25) is 24.1 Å². The highest BCUT2D eigenvalue weighted by molar-refractivity contribution is 7.85. The van der Waals surface area contributed by atoms with Crippen LogP contribution in [0.5, 0.6) is 11.5 Å². The first-order chi connectivity index (χ1) is 44.6. The standard InChI is InChI=1S/C65H74N8O19S2/c1-36-44(41-16-17-46(69-50(41)57(79)80)38-13-12-37-8-7-9-42(43(37)24-38)55(77)71-60-70-47-10-5-6-11-49(47)93-60)26-68-73(36)35-64-30-62(2)29-63(3,31-64)33-65(32-62,34-64)90-21-19-72(4)61(83)89-27-39-14-15-40(91-59-53(76)51(74)52(75)54(92-59)58(81)82)25-48(39)88-23-22-87-20-18-67-56(78)45(66)28-94(84,85)86/h5-17,24-26,45,51-54,59,74-76H,18-23,27-35,66H2,1-4H3,(H,67,78)(H,79,80)(H,81,82)(H,70,71,77)(H,84,85,86)/t45-,51-,52-,53+,54-,59+,62?,63?,64?,65?/m0/s1. The van der Waals surface area contributed by atoms with Crippen LogP contribution in [0.15, 0.2) is 97.2 Å². The molecule has 4 aliphatic carbocycles. The van der Waals surface area contributed by atoms with Crippen molar-refractivity contribution in [3.8, 4) is 33.9 Å². The van der Waals surface area contributed by atoms with Crippen molar-refractivity contribution in [2.75, 3.05) is 57.6 Å². The number of carboxylic acid groups (broad SMARTS) is 2. The lowest BCUT2D eigenvalue weighted by Gasteiger charge is -2.69. The van der Waals surface area contributed by atoms with Crippen LogP contribution < -0.4 is 25.8 Å². The number of nitrogens with one attached hydrogen (secondary N) is 2. The summed E-state index contributed by atoms with van der Waals surface area (Å²) in [5.41, 5.74) is 9.00. The normalized spacial score (nSPS) is 25.0. The molecule has 0 radical (unpaired) electrons. The predicted octanol–water partition coefficient (Wildman–Crippen LogP) is 6.04. The first-order valence-corrected chi connectivity index (χ1v) is 32.9. The Kier molecular flexibility index (Phi) is 19.2. The number of aliphatic hydroxyl groups excluding tert-OH is 3. The van der Waals surface area contributed by atoms with Gasteiger partial charge in [0.1, 0.15) is 49.1 Å². The topological polar surface area (TPSA) is 393 Å². The third kappa shape index (κ3) is 14.8. The number of hydrogen-bond donors (Lipinski definition) is 9. The molecule has 12 rings (SSSR count). The van der Waals surface area contributed by atoms with Crippen LogP contribution in [0.25, 0.3) is 43.4 Å². The van der Waals surface area contributed by atoms with Gasteiger partial charge >= 0.3 is 18.0 Å². The molecule has 4 heterocycles. The maximum atomic E-state index is 13.8. The van der Waals surface area contributed by atoms with E-state index in [1.165, 1.54) is 34.4 Å². The molecular formula is C65H74N8O19S2. The SMILES string of the molecule is Cc1c(-c2ccc(-c3ccc4cccc(C(=O)Nc5nc6ccccc6s5)c4c3)nc2C(=O)O)cnn1CC12CC3(C)CC(C)(C1)CC(OCCN(C)C(=O)OCc1ccc(O[C@@H]4O[C@H](C(=O)O)[C@@H](O)[C@H](O)[C@H]4O)cc1OCCOCCNC(=O)[C@@H](N)CS(=O)(=O)O)(C3)C2. The van der Waals surface area contributed by atoms with E-state index in [0.29, 0.717) is 50.6 Å². The third-order valence-corrected chi connectivity index (χ3v) is 19.7. The molecule has 1 saturated heterocycles. The van der Waals surface area contributed by atoms with Crippen LogP contribution in [0.1, 0.15) is 84.5 Å². The minimum Gasteiger partial charge on any atom is -0.491 e. The molecule has 27 nitrogen and oxygen atoms in total. The summed E-state index contributed by atoms with van der Waals surface area (Å²) in [5, 5.41) is 63.6. The second-order valence-corrected chi connectivity index (χ2v) is 28.3. The molecule has 94 heavy (non-hydrogen) atoms. The largest absolute Gasteiger partial charge is 0.491 e. The van der Waals surface area contributed by atoms with Crippen LogP contribution >= 0.6 is 11.3 Å². The minimum atomic E-state index is -4.49. The van der Waals surface area contributed by atoms with Gasteiger partial charge in [0.25, 0.3) is 16.0 Å². The Bertz CT molecular complexity index is 4110. The molecule has 3 aromatic heterocycles. The van der Waals surface area contributed by atoms with Gasteiger partial charge < -0.3 is 69.9 Å². The Balaban J connectivity index is 0.728. The Morgan fingerprint density at radius 1 is 0.851 bits per heavy atom. The van der Waals surface area contributed by atoms with Gasteiger partial charge in [-0.25, -0.2) is 24.4 Å². The number of pyridine rings is 1. The van der Waals surface area contributed by atoms with E-state index in [2.05, 4.69) is 29.5 Å². The Morgan fingerprint density at radius 2 is 1.62 bits per heavy atom. The van der Waals surface area contributed by atoms with E-state index < -0.39 is 82.2 Å². The van der Waals surface area contributed by atoms with E-state index in [1.807, 2.05) is 66.2 Å². The lowest BCUT2D eigenvalue weighted by Crippen LogP contribution is -2.64. The van der Waals surface area contributed by atoms with Gasteiger partial charge in [0, 0.05) is 66.3 Å². The van der Waals surface area contributed by atoms with Crippen LogP contribution in [0.3, 0.4) is 0 Å². The number of carbonyl (C=O) groups is 5. The number of anilines is 1. The molecule has 5 aliphatic rings. The van der Waals surface area contributed by atoms with Crippen molar-refractivity contribution in [1.29, 1.82) is 0 Å². The second-order valence-electron chi connectivity index (χ2n) is 25.8. The number of carboxylic acids is 2. The van der Waals surface area contributed by atoms with Crippen molar-refractivity contribution in [1.82, 2.24) is 30.0 Å². The fourth-order valence-electron chi connectivity index (χ4n) is 14.9. The van der Waals surface area contributed by atoms with Crippen LogP contribution in [0, 0.1) is 23.2 Å². The first kappa shape index (κ1) is 67.2. The number of rotatable bonds is 26. The molecule has 4 saturated carbocycles. The van der Waals surface area contributed by atoms with Crippen LogP contribution in [-0.4, -0.2) is 188 Å². The van der Waals surface area contributed by atoms with Crippen molar-refractivity contribution < 1.29 is 90.9 Å². The molecule has 10 N–H and O–H groups in total. The number of thiazole rings is 1. The van der Waals surface area contributed by atoms with Crippen molar-refractivity contribution >= 4 is 77.4 Å². The summed E-state index contributed by atoms with van der Waals surface area (Å²) in [7, 11) is -2.90. The molecular weight excluding hydrogens is 1260 g/mol. The number of ether oxygens (including phenoxy) is 6. The molecule has 4 bridgehead atoms. The zero-order chi connectivity index (χ0) is 67.1. The average Bonchev–Trinajstić information content (AvgIpc) is 0.714. The Labute approximate surface area is 543 Å². The first-order valence-electron chi connectivity index (χ1n) is 30.5. The minimum absolute atomic E-state index is 0.0328. The molecule has 7 aromatic rings. The number of aromatic nitrogens is 4. The number of nitrogens with zero attached hydrogens (tertiary/aromatic N) is 5. The van der Waals surface area contributed by atoms with Crippen molar-refractivity contribution in [3.05, 3.63) is 120 Å². The van der Waals surface area contributed by atoms with E-state index >= 15 is 0 Å². The van der Waals surface area contributed by atoms with Crippen LogP contribution in [0.4, 0.5) is 9.93 Å². The van der Waals surface area contributed by atoms with E-state index in [9.17, 15) is 57.9 Å². The number of aliphatic carboxylic acids is 1. The summed E-state index contributed by atoms with van der Waals surface area (Å²) in [6, 6.07) is 25.0. The van der Waals surface area contributed by atoms with Gasteiger partial charge in [-0.1, -0.05) is 61.6 Å². The number of likely N-dealkylation sites (N-methyl/N-ethyl adjacent to an activating group) is 1. The highest BCUT2D eigenvalue weighted by atomic mass is 32.2. The number of para-hydroxylation sites is 1. The fourth-order valence-corrected chi connectivity index (χ4v) is 16.4. The molecule has 0 spiro atoms. The summed E-state index contributed by atoms with van der Waals surface area (Å²) < 4.78 is 69.4. The number of aliphatic hydroxyl groups is 3. The molecule has 5 fully saturated rings. The van der Waals surface area contributed by atoms with Gasteiger partial charge in [-0.2, -0.15) is 13.5 Å². The highest BCUT2D eigenvalue weighted by Crippen LogP contribution is 2.72. The molecule has 8 atom stereocenters. The molecule has 3 amide bonds. The predicted molar refractivity (Wildman–Crippen MR) is 341 cm³/mol. The van der Waals surface area contributed by atoms with Gasteiger partial charge in [0.05, 0.1) is 53.3 Å². The smallest absolute Gasteiger partial charge is 0.409 e. The molecule has 4 aromatic carbocycles. The quantitative estimate of drug-likeness (QED) is 0.0220.